The first-order chi connectivity index (χ1) is 14.0. The molecule has 0 spiro atoms. The summed E-state index contributed by atoms with van der Waals surface area (Å²) in [5.41, 5.74) is 2.79. The molecule has 0 radical (unpaired) electrons. The predicted molar refractivity (Wildman–Crippen MR) is 115 cm³/mol. The Morgan fingerprint density at radius 3 is 2.45 bits per heavy atom. The summed E-state index contributed by atoms with van der Waals surface area (Å²) in [6.07, 6.45) is 0. The summed E-state index contributed by atoms with van der Waals surface area (Å²) in [6.45, 7) is 4.80. The minimum Gasteiger partial charge on any atom is -0.497 e. The van der Waals surface area contributed by atoms with Crippen LogP contribution in [-0.2, 0) is 11.3 Å². The van der Waals surface area contributed by atoms with Gasteiger partial charge in [-0.3, -0.25) is 4.79 Å². The third-order valence-electron chi connectivity index (χ3n) is 4.28. The summed E-state index contributed by atoms with van der Waals surface area (Å²) in [7, 11) is 3.14. The van der Waals surface area contributed by atoms with Crippen LogP contribution in [0.5, 0.6) is 11.5 Å². The molecule has 3 aromatic rings. The molecule has 3 rings (SSSR count). The van der Waals surface area contributed by atoms with Crippen molar-refractivity contribution >= 4 is 23.4 Å². The van der Waals surface area contributed by atoms with Crippen molar-refractivity contribution in [1.82, 2.24) is 14.8 Å². The molecule has 0 bridgehead atoms. The number of nitrogens with zero attached hydrogens (tertiary/aromatic N) is 3. The van der Waals surface area contributed by atoms with E-state index in [4.69, 9.17) is 9.47 Å². The number of thioether (sulfide) groups is 1. The van der Waals surface area contributed by atoms with Gasteiger partial charge in [-0.25, -0.2) is 0 Å². The van der Waals surface area contributed by atoms with Crippen LogP contribution < -0.4 is 14.8 Å². The first-order valence-electron chi connectivity index (χ1n) is 9.20. The molecule has 0 aliphatic heterocycles. The van der Waals surface area contributed by atoms with Crippen molar-refractivity contribution in [3.05, 3.63) is 48.0 Å². The number of methoxy groups -OCH3 is 2. The molecular weight excluding hydrogens is 388 g/mol. The highest BCUT2D eigenvalue weighted by Gasteiger charge is 2.15. The highest BCUT2D eigenvalue weighted by atomic mass is 32.2. The van der Waals surface area contributed by atoms with Gasteiger partial charge < -0.3 is 19.4 Å². The van der Waals surface area contributed by atoms with E-state index in [0.717, 1.165) is 17.0 Å². The van der Waals surface area contributed by atoms with Crippen LogP contribution >= 0.6 is 11.8 Å². The lowest BCUT2D eigenvalue weighted by Crippen LogP contribution is -2.14. The number of aryl methyl sites for hydroxylation is 1. The minimum absolute atomic E-state index is 0.145. The minimum atomic E-state index is -0.145. The maximum Gasteiger partial charge on any atom is 0.234 e. The third-order valence-corrected chi connectivity index (χ3v) is 5.24. The Morgan fingerprint density at radius 2 is 1.83 bits per heavy atom. The summed E-state index contributed by atoms with van der Waals surface area (Å²) in [5, 5.41) is 12.2. The van der Waals surface area contributed by atoms with Crippen LogP contribution in [0.25, 0.3) is 11.4 Å². The second-order valence-electron chi connectivity index (χ2n) is 6.36. The number of carbonyl (C=O) groups excluding carboxylic acids is 1. The van der Waals surface area contributed by atoms with Gasteiger partial charge >= 0.3 is 0 Å². The molecule has 0 saturated carbocycles. The number of anilines is 1. The van der Waals surface area contributed by atoms with E-state index in [1.165, 1.54) is 11.8 Å². The SMILES string of the molecule is CCn1c(SCC(=O)Nc2cc(OC)cc(OC)c2)nnc1-c1cccc(C)c1. The molecule has 29 heavy (non-hydrogen) atoms. The average molecular weight is 413 g/mol. The molecule has 1 heterocycles. The molecule has 152 valence electrons. The number of hydrogen-bond donors (Lipinski definition) is 1. The Hall–Kier alpha value is -3.00. The Kier molecular flexibility index (Phi) is 6.77. The van der Waals surface area contributed by atoms with Crippen molar-refractivity contribution in [2.24, 2.45) is 0 Å². The van der Waals surface area contributed by atoms with Gasteiger partial charge in [0, 0.05) is 36.0 Å². The van der Waals surface area contributed by atoms with Crippen LogP contribution in [0, 0.1) is 6.92 Å². The maximum atomic E-state index is 12.4. The molecule has 7 nitrogen and oxygen atoms in total. The predicted octanol–water partition coefficient (Wildman–Crippen LogP) is 4.02. The lowest BCUT2D eigenvalue weighted by atomic mass is 10.1. The number of ether oxygens (including phenoxy) is 2. The second kappa shape index (κ2) is 9.47. The number of hydrogen-bond acceptors (Lipinski definition) is 6. The lowest BCUT2D eigenvalue weighted by Gasteiger charge is -2.10. The van der Waals surface area contributed by atoms with Crippen molar-refractivity contribution in [3.63, 3.8) is 0 Å². The first-order valence-corrected chi connectivity index (χ1v) is 10.2. The largest absolute Gasteiger partial charge is 0.497 e. The summed E-state index contributed by atoms with van der Waals surface area (Å²) in [6, 6.07) is 13.4. The van der Waals surface area contributed by atoms with Crippen molar-refractivity contribution < 1.29 is 14.3 Å². The summed E-state index contributed by atoms with van der Waals surface area (Å²) >= 11 is 1.35. The smallest absolute Gasteiger partial charge is 0.234 e. The van der Waals surface area contributed by atoms with Crippen molar-refractivity contribution in [2.75, 3.05) is 25.3 Å². The first kappa shape index (κ1) is 20.7. The standard InChI is InChI=1S/C21H24N4O3S/c1-5-25-20(15-8-6-7-14(2)9-15)23-24-21(25)29-13-19(26)22-16-10-17(27-3)12-18(11-16)28-4/h6-12H,5,13H2,1-4H3,(H,22,26). The van der Waals surface area contributed by atoms with Gasteiger partial charge in [-0.05, 0) is 19.9 Å². The second-order valence-corrected chi connectivity index (χ2v) is 7.30. The number of benzene rings is 2. The van der Waals surface area contributed by atoms with Crippen LogP contribution in [0.4, 0.5) is 5.69 Å². The van der Waals surface area contributed by atoms with Crippen LogP contribution in [0.3, 0.4) is 0 Å². The van der Waals surface area contributed by atoms with Crippen molar-refractivity contribution in [1.29, 1.82) is 0 Å². The van der Waals surface area contributed by atoms with Gasteiger partial charge in [0.25, 0.3) is 0 Å². The van der Waals surface area contributed by atoms with E-state index in [-0.39, 0.29) is 11.7 Å². The fourth-order valence-electron chi connectivity index (χ4n) is 2.89. The molecule has 0 atom stereocenters. The highest BCUT2D eigenvalue weighted by Crippen LogP contribution is 2.27. The van der Waals surface area contributed by atoms with Gasteiger partial charge in [-0.1, -0.05) is 35.5 Å². The average Bonchev–Trinajstić information content (AvgIpc) is 3.14. The molecule has 1 N–H and O–H groups in total. The zero-order valence-electron chi connectivity index (χ0n) is 16.9. The monoisotopic (exact) mass is 412 g/mol. The number of aromatic nitrogens is 3. The highest BCUT2D eigenvalue weighted by molar-refractivity contribution is 7.99. The molecule has 1 amide bonds. The van der Waals surface area contributed by atoms with Crippen LogP contribution in [0.1, 0.15) is 12.5 Å². The number of amides is 1. The Labute approximate surface area is 174 Å². The Balaban J connectivity index is 1.69. The molecule has 2 aromatic carbocycles. The molecule has 1 aromatic heterocycles. The fourth-order valence-corrected chi connectivity index (χ4v) is 3.69. The fraction of sp³-hybridized carbons (Fsp3) is 0.286. The Bertz CT molecular complexity index is 981. The van der Waals surface area contributed by atoms with Gasteiger partial charge in [0.05, 0.1) is 20.0 Å². The molecule has 0 saturated heterocycles. The maximum absolute atomic E-state index is 12.4. The lowest BCUT2D eigenvalue weighted by molar-refractivity contribution is -0.113. The molecule has 8 heteroatoms. The van der Waals surface area contributed by atoms with Crippen LogP contribution in [-0.4, -0.2) is 40.6 Å². The number of nitrogens with one attached hydrogen (secondary N) is 1. The third kappa shape index (κ3) is 5.08. The summed E-state index contributed by atoms with van der Waals surface area (Å²) < 4.78 is 12.5. The van der Waals surface area contributed by atoms with Gasteiger partial charge in [0.15, 0.2) is 11.0 Å². The van der Waals surface area contributed by atoms with Crippen molar-refractivity contribution in [2.45, 2.75) is 25.5 Å². The van der Waals surface area contributed by atoms with E-state index in [0.29, 0.717) is 28.9 Å². The molecule has 0 fully saturated rings. The van der Waals surface area contributed by atoms with E-state index in [9.17, 15) is 4.79 Å². The van der Waals surface area contributed by atoms with E-state index in [1.54, 1.807) is 32.4 Å². The summed E-state index contributed by atoms with van der Waals surface area (Å²) in [4.78, 5) is 12.4. The van der Waals surface area contributed by atoms with Gasteiger partial charge in [-0.15, -0.1) is 10.2 Å². The van der Waals surface area contributed by atoms with Gasteiger partial charge in [-0.2, -0.15) is 0 Å². The zero-order valence-corrected chi connectivity index (χ0v) is 17.7. The number of rotatable bonds is 8. The van der Waals surface area contributed by atoms with Gasteiger partial charge in [0.2, 0.25) is 5.91 Å². The van der Waals surface area contributed by atoms with Crippen LogP contribution in [0.2, 0.25) is 0 Å². The molecular formula is C21H24N4O3S. The van der Waals surface area contributed by atoms with E-state index in [1.807, 2.05) is 36.6 Å². The van der Waals surface area contributed by atoms with Gasteiger partial charge in [0.1, 0.15) is 11.5 Å². The molecule has 0 aliphatic carbocycles. The van der Waals surface area contributed by atoms with Crippen LogP contribution in [0.15, 0.2) is 47.6 Å². The van der Waals surface area contributed by atoms with E-state index in [2.05, 4.69) is 21.6 Å². The summed E-state index contributed by atoms with van der Waals surface area (Å²) in [5.74, 6) is 2.09. The number of carbonyl (C=O) groups is 1. The molecule has 0 unspecified atom stereocenters. The molecule has 0 aliphatic rings. The Morgan fingerprint density at radius 1 is 1.10 bits per heavy atom. The zero-order chi connectivity index (χ0) is 20.8. The quantitative estimate of drug-likeness (QED) is 0.563. The van der Waals surface area contributed by atoms with E-state index >= 15 is 0 Å². The van der Waals surface area contributed by atoms with Crippen molar-refractivity contribution in [3.8, 4) is 22.9 Å². The van der Waals surface area contributed by atoms with E-state index < -0.39 is 0 Å². The normalized spacial score (nSPS) is 10.6. The topological polar surface area (TPSA) is 78.3 Å².